The summed E-state index contributed by atoms with van der Waals surface area (Å²) in [4.78, 5) is 0. The maximum atomic E-state index is 14.0. The minimum Gasteiger partial charge on any atom is -0.320 e. The minimum absolute atomic E-state index is 0.0120. The summed E-state index contributed by atoms with van der Waals surface area (Å²) in [6, 6.07) is 0. The number of nitrogens with zero attached hydrogens (tertiary/aromatic N) is 2. The quantitative estimate of drug-likeness (QED) is 0.229. The summed E-state index contributed by atoms with van der Waals surface area (Å²) in [7, 11) is 5.65. The molecular formula is C20H20F10N2+2. The molecule has 0 aliphatic carbocycles. The molecule has 0 aliphatic heterocycles. The molecule has 2 nitrogen and oxygen atoms in total. The first kappa shape index (κ1) is 25.9. The molecule has 0 aliphatic rings. The standard InChI is InChI=1S/C20H20F10N2/c1-31(2,7-9-11(21)15(25)19(29)16(26)12(9)22)5-6-32(3,4)8-10-13(23)17(27)20(30)18(28)14(10)24/h5-8H2,1-4H3/q+2. The van der Waals surface area contributed by atoms with Crippen LogP contribution in [-0.4, -0.2) is 50.2 Å². The van der Waals surface area contributed by atoms with Crippen LogP contribution in [0.5, 0.6) is 0 Å². The fraction of sp³-hybridized carbons (Fsp3) is 0.400. The van der Waals surface area contributed by atoms with E-state index in [0.717, 1.165) is 0 Å². The minimum atomic E-state index is -2.28. The van der Waals surface area contributed by atoms with Crippen LogP contribution in [0.3, 0.4) is 0 Å². The normalized spacial score (nSPS) is 12.6. The van der Waals surface area contributed by atoms with Gasteiger partial charge in [-0.1, -0.05) is 0 Å². The van der Waals surface area contributed by atoms with Crippen LogP contribution < -0.4 is 0 Å². The fourth-order valence-corrected chi connectivity index (χ4v) is 3.13. The van der Waals surface area contributed by atoms with E-state index in [1.54, 1.807) is 0 Å². The van der Waals surface area contributed by atoms with Crippen molar-refractivity contribution in [3.63, 3.8) is 0 Å². The molecule has 178 valence electrons. The Morgan fingerprint density at radius 3 is 0.781 bits per heavy atom. The second-order valence-corrected chi connectivity index (χ2v) is 8.73. The van der Waals surface area contributed by atoms with E-state index in [0.29, 0.717) is 0 Å². The Morgan fingerprint density at radius 2 is 0.562 bits per heavy atom. The second kappa shape index (κ2) is 8.89. The van der Waals surface area contributed by atoms with Crippen molar-refractivity contribution in [2.24, 2.45) is 0 Å². The molecule has 0 heterocycles. The molecule has 0 bridgehead atoms. The van der Waals surface area contributed by atoms with Crippen LogP contribution in [0.1, 0.15) is 11.1 Å². The topological polar surface area (TPSA) is 0 Å². The first-order valence-electron chi connectivity index (χ1n) is 9.15. The predicted molar refractivity (Wildman–Crippen MR) is 93.8 cm³/mol. The number of likely N-dealkylation sites (N-methyl/N-ethyl adjacent to an activating group) is 2. The van der Waals surface area contributed by atoms with Gasteiger partial charge in [-0.25, -0.2) is 43.9 Å². The van der Waals surface area contributed by atoms with Crippen molar-refractivity contribution in [1.82, 2.24) is 0 Å². The first-order chi connectivity index (χ1) is 14.5. The maximum absolute atomic E-state index is 14.0. The average molecular weight is 478 g/mol. The van der Waals surface area contributed by atoms with Crippen molar-refractivity contribution in [2.45, 2.75) is 13.1 Å². The lowest BCUT2D eigenvalue weighted by atomic mass is 10.1. The third-order valence-corrected chi connectivity index (χ3v) is 5.08. The van der Waals surface area contributed by atoms with E-state index in [1.807, 2.05) is 0 Å². The zero-order valence-corrected chi connectivity index (χ0v) is 17.5. The van der Waals surface area contributed by atoms with E-state index in [1.165, 1.54) is 28.2 Å². The number of rotatable bonds is 7. The molecule has 32 heavy (non-hydrogen) atoms. The van der Waals surface area contributed by atoms with Crippen LogP contribution in [0.2, 0.25) is 0 Å². The summed E-state index contributed by atoms with van der Waals surface area (Å²) in [6.45, 7) is -1.26. The monoisotopic (exact) mass is 478 g/mol. The highest BCUT2D eigenvalue weighted by Gasteiger charge is 2.33. The molecule has 0 N–H and O–H groups in total. The highest BCUT2D eigenvalue weighted by Crippen LogP contribution is 2.27. The summed E-state index contributed by atoms with van der Waals surface area (Å²) in [5, 5.41) is 0. The summed E-state index contributed by atoms with van der Waals surface area (Å²) in [5.41, 5.74) is -2.06. The van der Waals surface area contributed by atoms with Crippen molar-refractivity contribution < 1.29 is 52.9 Å². The van der Waals surface area contributed by atoms with Crippen LogP contribution in [0, 0.1) is 58.2 Å². The number of hydrogen-bond acceptors (Lipinski definition) is 0. The summed E-state index contributed by atoms with van der Waals surface area (Å²) >= 11 is 0. The zero-order chi connectivity index (χ0) is 24.8. The van der Waals surface area contributed by atoms with Gasteiger partial charge in [0.05, 0.1) is 39.3 Å². The highest BCUT2D eigenvalue weighted by molar-refractivity contribution is 5.24. The van der Waals surface area contributed by atoms with Gasteiger partial charge in [0.1, 0.15) is 26.2 Å². The Balaban J connectivity index is 2.23. The molecule has 2 aromatic carbocycles. The average Bonchev–Trinajstić information content (AvgIpc) is 2.73. The Hall–Kier alpha value is -2.34. The molecule has 0 radical (unpaired) electrons. The molecule has 0 spiro atoms. The molecule has 0 saturated heterocycles. The highest BCUT2D eigenvalue weighted by atomic mass is 19.2. The van der Waals surface area contributed by atoms with Gasteiger partial charge in [0, 0.05) is 0 Å². The molecule has 2 rings (SSSR count). The van der Waals surface area contributed by atoms with E-state index < -0.39 is 82.4 Å². The van der Waals surface area contributed by atoms with Crippen LogP contribution in [-0.2, 0) is 13.1 Å². The SMILES string of the molecule is C[N+](C)(CC[N+](C)(C)Cc1c(F)c(F)c(F)c(F)c1F)Cc1c(F)c(F)c(F)c(F)c1F. The van der Waals surface area contributed by atoms with Crippen molar-refractivity contribution in [1.29, 1.82) is 0 Å². The van der Waals surface area contributed by atoms with E-state index in [2.05, 4.69) is 0 Å². The lowest BCUT2D eigenvalue weighted by Crippen LogP contribution is -2.50. The second-order valence-electron chi connectivity index (χ2n) is 8.73. The Labute approximate surface area is 177 Å². The first-order valence-corrected chi connectivity index (χ1v) is 9.15. The van der Waals surface area contributed by atoms with Gasteiger partial charge >= 0.3 is 0 Å². The molecule has 2 aromatic rings. The molecule has 0 aromatic heterocycles. The predicted octanol–water partition coefficient (Wildman–Crippen LogP) is 4.93. The fourth-order valence-electron chi connectivity index (χ4n) is 3.13. The summed E-state index contributed by atoms with van der Waals surface area (Å²) in [5.74, 6) is -20.8. The Morgan fingerprint density at radius 1 is 0.375 bits per heavy atom. The van der Waals surface area contributed by atoms with Gasteiger partial charge in [-0.2, -0.15) is 0 Å². The number of hydrogen-bond donors (Lipinski definition) is 0. The Bertz CT molecular complexity index is 908. The third kappa shape index (κ3) is 5.01. The van der Waals surface area contributed by atoms with Crippen molar-refractivity contribution in [3.8, 4) is 0 Å². The molecular weight excluding hydrogens is 458 g/mol. The van der Waals surface area contributed by atoms with Gasteiger partial charge in [0.15, 0.2) is 46.5 Å². The number of quaternary nitrogens is 2. The smallest absolute Gasteiger partial charge is 0.200 e. The van der Waals surface area contributed by atoms with Gasteiger partial charge in [0.2, 0.25) is 11.6 Å². The molecule has 0 atom stereocenters. The van der Waals surface area contributed by atoms with Crippen LogP contribution in [0.4, 0.5) is 43.9 Å². The maximum Gasteiger partial charge on any atom is 0.200 e. The van der Waals surface area contributed by atoms with E-state index in [-0.39, 0.29) is 22.1 Å². The number of halogens is 10. The van der Waals surface area contributed by atoms with Gasteiger partial charge in [-0.3, -0.25) is 0 Å². The van der Waals surface area contributed by atoms with Gasteiger partial charge in [-0.15, -0.1) is 0 Å². The molecule has 0 saturated carbocycles. The number of benzene rings is 2. The van der Waals surface area contributed by atoms with Crippen LogP contribution in [0.15, 0.2) is 0 Å². The summed E-state index contributed by atoms with van der Waals surface area (Å²) < 4.78 is 135. The van der Waals surface area contributed by atoms with Gasteiger partial charge < -0.3 is 8.97 Å². The van der Waals surface area contributed by atoms with Crippen LogP contribution >= 0.6 is 0 Å². The Kier molecular flexibility index (Phi) is 7.20. The lowest BCUT2D eigenvalue weighted by Gasteiger charge is -2.36. The molecule has 0 amide bonds. The van der Waals surface area contributed by atoms with E-state index in [4.69, 9.17) is 0 Å². The van der Waals surface area contributed by atoms with Crippen LogP contribution in [0.25, 0.3) is 0 Å². The van der Waals surface area contributed by atoms with E-state index >= 15 is 0 Å². The van der Waals surface area contributed by atoms with Gasteiger partial charge in [-0.05, 0) is 0 Å². The van der Waals surface area contributed by atoms with Crippen molar-refractivity contribution in [3.05, 3.63) is 69.3 Å². The zero-order valence-electron chi connectivity index (χ0n) is 17.5. The van der Waals surface area contributed by atoms with Crippen molar-refractivity contribution >= 4 is 0 Å². The largest absolute Gasteiger partial charge is 0.320 e. The molecule has 0 unspecified atom stereocenters. The van der Waals surface area contributed by atoms with Gasteiger partial charge in [0.25, 0.3) is 0 Å². The lowest BCUT2D eigenvalue weighted by molar-refractivity contribution is -0.958. The molecule has 0 fully saturated rings. The summed E-state index contributed by atoms with van der Waals surface area (Å²) in [6.07, 6.45) is 0. The van der Waals surface area contributed by atoms with Crippen molar-refractivity contribution in [2.75, 3.05) is 41.3 Å². The van der Waals surface area contributed by atoms with E-state index in [9.17, 15) is 43.9 Å². The molecule has 12 heteroatoms. The third-order valence-electron chi connectivity index (χ3n) is 5.08.